The number of carbonyl (C=O) groups excluding carboxylic acids is 2. The maximum Gasteiger partial charge on any atom is 0.234 e. The van der Waals surface area contributed by atoms with Gasteiger partial charge in [-0.05, 0) is 39.5 Å². The molecule has 0 aromatic carbocycles. The average Bonchev–Trinajstić information content (AvgIpc) is 2.44. The zero-order chi connectivity index (χ0) is 15.0. The van der Waals surface area contributed by atoms with E-state index in [2.05, 4.69) is 10.6 Å². The maximum absolute atomic E-state index is 11.9. The molecule has 2 amide bonds. The zero-order valence-corrected chi connectivity index (χ0v) is 13.1. The van der Waals surface area contributed by atoms with Crippen molar-refractivity contribution in [2.24, 2.45) is 0 Å². The predicted octanol–water partition coefficient (Wildman–Crippen LogP) is 1.28. The van der Waals surface area contributed by atoms with E-state index in [0.29, 0.717) is 13.0 Å². The Bertz CT molecular complexity index is 323. The standard InChI is InChI=1S/C15H29N3O2/c1-4-15(2,3)17-13(19)12-16-9-8-14(20)18-10-6-5-7-11-18/h16H,4-12H2,1-3H3,(H,17,19). The van der Waals surface area contributed by atoms with Gasteiger partial charge in [-0.2, -0.15) is 0 Å². The fourth-order valence-corrected chi connectivity index (χ4v) is 2.21. The number of rotatable bonds is 7. The van der Waals surface area contributed by atoms with E-state index in [-0.39, 0.29) is 23.9 Å². The summed E-state index contributed by atoms with van der Waals surface area (Å²) >= 11 is 0. The molecule has 5 nitrogen and oxygen atoms in total. The molecule has 0 aliphatic carbocycles. The second-order valence-corrected chi connectivity index (χ2v) is 6.15. The molecule has 1 aliphatic rings. The molecular formula is C15H29N3O2. The monoisotopic (exact) mass is 283 g/mol. The normalized spacial score (nSPS) is 16.1. The number of hydrogen-bond donors (Lipinski definition) is 2. The Balaban J connectivity index is 2.12. The second kappa shape index (κ2) is 8.25. The smallest absolute Gasteiger partial charge is 0.234 e. The molecule has 1 rings (SSSR count). The third-order valence-electron chi connectivity index (χ3n) is 3.87. The number of likely N-dealkylation sites (tertiary alicyclic amines) is 1. The number of nitrogens with one attached hydrogen (secondary N) is 2. The topological polar surface area (TPSA) is 61.4 Å². The van der Waals surface area contributed by atoms with Gasteiger partial charge in [-0.3, -0.25) is 9.59 Å². The summed E-state index contributed by atoms with van der Waals surface area (Å²) < 4.78 is 0. The van der Waals surface area contributed by atoms with Crippen LogP contribution in [0.5, 0.6) is 0 Å². The average molecular weight is 283 g/mol. The summed E-state index contributed by atoms with van der Waals surface area (Å²) in [7, 11) is 0. The van der Waals surface area contributed by atoms with Gasteiger partial charge in [0.1, 0.15) is 0 Å². The molecule has 20 heavy (non-hydrogen) atoms. The van der Waals surface area contributed by atoms with Gasteiger partial charge in [-0.25, -0.2) is 0 Å². The van der Waals surface area contributed by atoms with E-state index >= 15 is 0 Å². The lowest BCUT2D eigenvalue weighted by molar-refractivity contribution is -0.132. The molecule has 2 N–H and O–H groups in total. The summed E-state index contributed by atoms with van der Waals surface area (Å²) in [5.74, 6) is 0.189. The summed E-state index contributed by atoms with van der Waals surface area (Å²) in [6, 6.07) is 0. The van der Waals surface area contributed by atoms with Crippen molar-refractivity contribution in [1.29, 1.82) is 0 Å². The Morgan fingerprint density at radius 1 is 1.15 bits per heavy atom. The van der Waals surface area contributed by atoms with E-state index in [1.54, 1.807) is 0 Å². The van der Waals surface area contributed by atoms with Gasteiger partial charge in [0.25, 0.3) is 0 Å². The molecule has 0 bridgehead atoms. The molecule has 1 heterocycles. The largest absolute Gasteiger partial charge is 0.350 e. The molecule has 0 saturated carbocycles. The van der Waals surface area contributed by atoms with Crippen LogP contribution in [0.15, 0.2) is 0 Å². The number of nitrogens with zero attached hydrogens (tertiary/aromatic N) is 1. The molecule has 1 fully saturated rings. The minimum Gasteiger partial charge on any atom is -0.350 e. The minimum absolute atomic E-state index is 0.0118. The van der Waals surface area contributed by atoms with Crippen molar-refractivity contribution in [3.8, 4) is 0 Å². The van der Waals surface area contributed by atoms with E-state index in [1.165, 1.54) is 6.42 Å². The van der Waals surface area contributed by atoms with Crippen molar-refractivity contribution < 1.29 is 9.59 Å². The van der Waals surface area contributed by atoms with Crippen molar-refractivity contribution in [1.82, 2.24) is 15.5 Å². The van der Waals surface area contributed by atoms with Gasteiger partial charge in [0, 0.05) is 31.6 Å². The highest BCUT2D eigenvalue weighted by molar-refractivity contribution is 5.79. The highest BCUT2D eigenvalue weighted by Crippen LogP contribution is 2.09. The van der Waals surface area contributed by atoms with Crippen LogP contribution < -0.4 is 10.6 Å². The Kier molecular flexibility index (Phi) is 6.99. The highest BCUT2D eigenvalue weighted by Gasteiger charge is 2.18. The number of amides is 2. The van der Waals surface area contributed by atoms with E-state index in [1.807, 2.05) is 25.7 Å². The van der Waals surface area contributed by atoms with Crippen LogP contribution in [0.3, 0.4) is 0 Å². The van der Waals surface area contributed by atoms with Crippen LogP contribution in [-0.4, -0.2) is 48.4 Å². The fraction of sp³-hybridized carbons (Fsp3) is 0.867. The Labute approximate surface area is 122 Å². The van der Waals surface area contributed by atoms with Crippen molar-refractivity contribution in [3.05, 3.63) is 0 Å². The van der Waals surface area contributed by atoms with Crippen LogP contribution in [0.1, 0.15) is 52.9 Å². The molecule has 116 valence electrons. The van der Waals surface area contributed by atoms with Gasteiger partial charge < -0.3 is 15.5 Å². The van der Waals surface area contributed by atoms with Crippen LogP contribution in [0, 0.1) is 0 Å². The van der Waals surface area contributed by atoms with Crippen LogP contribution in [0.25, 0.3) is 0 Å². The molecule has 0 radical (unpaired) electrons. The first-order valence-corrected chi connectivity index (χ1v) is 7.74. The van der Waals surface area contributed by atoms with Gasteiger partial charge in [0.15, 0.2) is 0 Å². The third-order valence-corrected chi connectivity index (χ3v) is 3.87. The lowest BCUT2D eigenvalue weighted by Gasteiger charge is -2.27. The molecule has 1 aliphatic heterocycles. The molecule has 5 heteroatoms. The maximum atomic E-state index is 11.9. The number of hydrogen-bond acceptors (Lipinski definition) is 3. The molecule has 0 aromatic heterocycles. The Morgan fingerprint density at radius 3 is 2.40 bits per heavy atom. The van der Waals surface area contributed by atoms with Crippen molar-refractivity contribution in [2.75, 3.05) is 26.2 Å². The van der Waals surface area contributed by atoms with Gasteiger partial charge in [-0.1, -0.05) is 6.92 Å². The van der Waals surface area contributed by atoms with Crippen molar-refractivity contribution >= 4 is 11.8 Å². The summed E-state index contributed by atoms with van der Waals surface area (Å²) in [4.78, 5) is 25.5. The van der Waals surface area contributed by atoms with E-state index in [9.17, 15) is 9.59 Å². The quantitative estimate of drug-likeness (QED) is 0.692. The van der Waals surface area contributed by atoms with Crippen LogP contribution >= 0.6 is 0 Å². The van der Waals surface area contributed by atoms with Crippen molar-refractivity contribution in [3.63, 3.8) is 0 Å². The van der Waals surface area contributed by atoms with E-state index < -0.39 is 0 Å². The fourth-order valence-electron chi connectivity index (χ4n) is 2.21. The number of carbonyl (C=O) groups is 2. The molecule has 1 saturated heterocycles. The third kappa shape index (κ3) is 6.37. The predicted molar refractivity (Wildman–Crippen MR) is 80.4 cm³/mol. The Morgan fingerprint density at radius 2 is 1.80 bits per heavy atom. The van der Waals surface area contributed by atoms with Gasteiger partial charge in [-0.15, -0.1) is 0 Å². The first-order chi connectivity index (χ1) is 9.44. The summed E-state index contributed by atoms with van der Waals surface area (Å²) in [6.45, 7) is 8.68. The lowest BCUT2D eigenvalue weighted by Crippen LogP contribution is -2.46. The summed E-state index contributed by atoms with van der Waals surface area (Å²) in [5.41, 5.74) is -0.164. The van der Waals surface area contributed by atoms with Crippen LogP contribution in [0.2, 0.25) is 0 Å². The zero-order valence-electron chi connectivity index (χ0n) is 13.1. The van der Waals surface area contributed by atoms with E-state index in [4.69, 9.17) is 0 Å². The van der Waals surface area contributed by atoms with E-state index in [0.717, 1.165) is 32.4 Å². The first kappa shape index (κ1) is 17.0. The molecule has 0 unspecified atom stereocenters. The van der Waals surface area contributed by atoms with Gasteiger partial charge in [0.2, 0.25) is 11.8 Å². The SMILES string of the molecule is CCC(C)(C)NC(=O)CNCCC(=O)N1CCCCC1. The van der Waals surface area contributed by atoms with Gasteiger partial charge >= 0.3 is 0 Å². The minimum atomic E-state index is -0.164. The molecular weight excluding hydrogens is 254 g/mol. The molecule has 0 atom stereocenters. The van der Waals surface area contributed by atoms with Gasteiger partial charge in [0.05, 0.1) is 6.54 Å². The first-order valence-electron chi connectivity index (χ1n) is 7.74. The van der Waals surface area contributed by atoms with Crippen LogP contribution in [-0.2, 0) is 9.59 Å². The molecule has 0 spiro atoms. The van der Waals surface area contributed by atoms with Crippen molar-refractivity contribution in [2.45, 2.75) is 58.4 Å². The Hall–Kier alpha value is -1.10. The lowest BCUT2D eigenvalue weighted by atomic mass is 10.0. The number of piperidine rings is 1. The second-order valence-electron chi connectivity index (χ2n) is 6.15. The van der Waals surface area contributed by atoms with Crippen LogP contribution in [0.4, 0.5) is 0 Å². The molecule has 0 aromatic rings. The summed E-state index contributed by atoms with van der Waals surface area (Å²) in [5, 5.41) is 6.00. The highest BCUT2D eigenvalue weighted by atomic mass is 16.2. The summed E-state index contributed by atoms with van der Waals surface area (Å²) in [6.07, 6.45) is 4.84.